The molecule has 0 amide bonds. The second-order valence-electron chi connectivity index (χ2n) is 16.1. The molecule has 9 aromatic carbocycles. The van der Waals surface area contributed by atoms with Crippen LogP contribution in [-0.2, 0) is 0 Å². The Morgan fingerprint density at radius 2 is 0.859 bits per heavy atom. The van der Waals surface area contributed by atoms with Gasteiger partial charge in [0.2, 0.25) is 0 Å². The summed E-state index contributed by atoms with van der Waals surface area (Å²) in [6.07, 6.45) is 0. The highest BCUT2D eigenvalue weighted by Crippen LogP contribution is 2.47. The molecule has 0 radical (unpaired) electrons. The van der Waals surface area contributed by atoms with Crippen LogP contribution < -0.4 is 0 Å². The van der Waals surface area contributed by atoms with Gasteiger partial charge in [-0.25, -0.2) is 19.9 Å². The highest BCUT2D eigenvalue weighted by molar-refractivity contribution is 6.27. The molecule has 0 aliphatic carbocycles. The number of hydrogen-bond donors (Lipinski definition) is 0. The molecule has 0 fully saturated rings. The maximum atomic E-state index is 6.71. The monoisotopic (exact) mass is 818 g/mol. The number of fused-ring (bicyclic) bond motifs is 9. The van der Waals surface area contributed by atoms with Crippen molar-refractivity contribution < 1.29 is 8.83 Å². The number of pyridine rings is 1. The summed E-state index contributed by atoms with van der Waals surface area (Å²) in [4.78, 5) is 20.8. The summed E-state index contributed by atoms with van der Waals surface area (Å²) in [5.74, 6) is 1.65. The third kappa shape index (κ3) is 5.81. The van der Waals surface area contributed by atoms with E-state index in [9.17, 15) is 0 Å². The van der Waals surface area contributed by atoms with Crippen LogP contribution in [0.1, 0.15) is 0 Å². The summed E-state index contributed by atoms with van der Waals surface area (Å²) in [6, 6.07) is 71.0. The standard InChI is InChI=1S/C58H34N4O2/c1-3-15-35(16-4-1)36-29-31-37(32-30-36)51-52-43-22-7-10-26-47(43)59-54(46(52)34-50-53(51)44-23-9-12-28-49(44)63-50)39-19-13-20-40(33-39)57-60-56(38-17-5-2-6-18-38)61-58(62-57)45-25-14-24-42-41-21-8-11-27-48(41)64-55(42)45/h1-34H. The fraction of sp³-hybridized carbons (Fsp3) is 0. The van der Waals surface area contributed by atoms with Gasteiger partial charge in [0, 0.05) is 60.0 Å². The van der Waals surface area contributed by atoms with E-state index in [1.54, 1.807) is 0 Å². The smallest absolute Gasteiger partial charge is 0.167 e. The van der Waals surface area contributed by atoms with E-state index in [0.717, 1.165) is 110 Å². The van der Waals surface area contributed by atoms with Crippen LogP contribution in [0.3, 0.4) is 0 Å². The van der Waals surface area contributed by atoms with Crippen molar-refractivity contribution in [3.05, 3.63) is 206 Å². The molecule has 0 bridgehead atoms. The third-order valence-electron chi connectivity index (χ3n) is 12.3. The lowest BCUT2D eigenvalue weighted by atomic mass is 9.89. The van der Waals surface area contributed by atoms with Crippen molar-refractivity contribution in [2.45, 2.75) is 0 Å². The first-order chi connectivity index (χ1) is 31.7. The van der Waals surface area contributed by atoms with Gasteiger partial charge in [-0.15, -0.1) is 0 Å². The van der Waals surface area contributed by atoms with Gasteiger partial charge < -0.3 is 8.83 Å². The van der Waals surface area contributed by atoms with Gasteiger partial charge in [0.1, 0.15) is 22.3 Å². The number of nitrogens with zero attached hydrogens (tertiary/aromatic N) is 4. The van der Waals surface area contributed by atoms with E-state index >= 15 is 0 Å². The van der Waals surface area contributed by atoms with Gasteiger partial charge in [0.25, 0.3) is 0 Å². The number of rotatable bonds is 6. The molecule has 0 aliphatic heterocycles. The van der Waals surface area contributed by atoms with Crippen molar-refractivity contribution in [3.63, 3.8) is 0 Å². The van der Waals surface area contributed by atoms with Crippen molar-refractivity contribution in [2.24, 2.45) is 0 Å². The quantitative estimate of drug-likeness (QED) is 0.156. The second-order valence-corrected chi connectivity index (χ2v) is 16.1. The number of benzene rings is 9. The molecule has 4 aromatic heterocycles. The van der Waals surface area contributed by atoms with Crippen molar-refractivity contribution in [3.8, 4) is 67.7 Å². The Kier molecular flexibility index (Phi) is 8.11. The number of furan rings is 2. The van der Waals surface area contributed by atoms with Gasteiger partial charge in [0.05, 0.1) is 16.8 Å². The Bertz CT molecular complexity index is 3950. The van der Waals surface area contributed by atoms with Gasteiger partial charge in [-0.3, -0.25) is 0 Å². The first-order valence-electron chi connectivity index (χ1n) is 21.4. The first-order valence-corrected chi connectivity index (χ1v) is 21.4. The molecule has 6 heteroatoms. The van der Waals surface area contributed by atoms with E-state index in [2.05, 4.69) is 133 Å². The average molecular weight is 819 g/mol. The van der Waals surface area contributed by atoms with E-state index < -0.39 is 0 Å². The molecular weight excluding hydrogens is 785 g/mol. The highest BCUT2D eigenvalue weighted by atomic mass is 16.3. The molecular formula is C58H34N4O2. The van der Waals surface area contributed by atoms with Crippen molar-refractivity contribution in [2.75, 3.05) is 0 Å². The molecule has 4 heterocycles. The molecule has 64 heavy (non-hydrogen) atoms. The predicted molar refractivity (Wildman–Crippen MR) is 260 cm³/mol. The van der Waals surface area contributed by atoms with Crippen LogP contribution in [0.4, 0.5) is 0 Å². The first kappa shape index (κ1) is 36.0. The molecule has 0 spiro atoms. The van der Waals surface area contributed by atoms with Gasteiger partial charge in [-0.05, 0) is 53.1 Å². The molecule has 6 nitrogen and oxygen atoms in total. The molecule has 13 aromatic rings. The Morgan fingerprint density at radius 1 is 0.297 bits per heavy atom. The Balaban J connectivity index is 1.04. The van der Waals surface area contributed by atoms with E-state index in [4.69, 9.17) is 28.8 Å². The second kappa shape index (κ2) is 14.4. The fourth-order valence-corrected chi connectivity index (χ4v) is 9.36. The zero-order chi connectivity index (χ0) is 42.1. The normalized spacial score (nSPS) is 11.8. The van der Waals surface area contributed by atoms with Crippen molar-refractivity contribution in [1.82, 2.24) is 19.9 Å². The van der Waals surface area contributed by atoms with E-state index in [1.165, 1.54) is 5.56 Å². The molecule has 0 saturated carbocycles. The van der Waals surface area contributed by atoms with Crippen LogP contribution in [0.25, 0.3) is 133 Å². The SMILES string of the molecule is c1ccc(-c2ccc(-c3c4c(cc5c(-c6cccc(-c7nc(-c8ccccc8)nc(-c8cccc9c8oc8ccccc89)n7)c6)nc6ccccc6c35)oc3ccccc34)cc2)cc1. The lowest BCUT2D eigenvalue weighted by molar-refractivity contribution is 0.669. The minimum atomic E-state index is 0.531. The minimum absolute atomic E-state index is 0.531. The maximum Gasteiger partial charge on any atom is 0.167 e. The summed E-state index contributed by atoms with van der Waals surface area (Å²) in [5.41, 5.74) is 12.9. The summed E-state index contributed by atoms with van der Waals surface area (Å²) in [6.45, 7) is 0. The predicted octanol–water partition coefficient (Wildman–Crippen LogP) is 15.4. The summed E-state index contributed by atoms with van der Waals surface area (Å²) in [5, 5.41) is 7.39. The number of para-hydroxylation sites is 4. The molecule has 13 rings (SSSR count). The summed E-state index contributed by atoms with van der Waals surface area (Å²) >= 11 is 0. The van der Waals surface area contributed by atoms with Gasteiger partial charge >= 0.3 is 0 Å². The molecule has 298 valence electrons. The lowest BCUT2D eigenvalue weighted by Gasteiger charge is -2.16. The van der Waals surface area contributed by atoms with Crippen molar-refractivity contribution >= 4 is 65.6 Å². The fourth-order valence-electron chi connectivity index (χ4n) is 9.36. The van der Waals surface area contributed by atoms with E-state index in [0.29, 0.717) is 17.5 Å². The van der Waals surface area contributed by atoms with Crippen LogP contribution in [0.15, 0.2) is 215 Å². The van der Waals surface area contributed by atoms with Crippen LogP contribution in [0.5, 0.6) is 0 Å². The maximum absolute atomic E-state index is 6.71. The van der Waals surface area contributed by atoms with Gasteiger partial charge in [-0.2, -0.15) is 0 Å². The number of aromatic nitrogens is 4. The van der Waals surface area contributed by atoms with Crippen LogP contribution in [0, 0.1) is 0 Å². The minimum Gasteiger partial charge on any atom is -0.456 e. The lowest BCUT2D eigenvalue weighted by Crippen LogP contribution is -2.00. The highest BCUT2D eigenvalue weighted by Gasteiger charge is 2.23. The molecule has 0 aliphatic rings. The largest absolute Gasteiger partial charge is 0.456 e. The average Bonchev–Trinajstić information content (AvgIpc) is 3.94. The zero-order valence-corrected chi connectivity index (χ0v) is 34.2. The summed E-state index contributed by atoms with van der Waals surface area (Å²) in [7, 11) is 0. The Labute approximate surface area is 366 Å². The van der Waals surface area contributed by atoms with Gasteiger partial charge in [0.15, 0.2) is 17.5 Å². The van der Waals surface area contributed by atoms with E-state index in [-0.39, 0.29) is 0 Å². The Morgan fingerprint density at radius 3 is 1.66 bits per heavy atom. The van der Waals surface area contributed by atoms with E-state index in [1.807, 2.05) is 72.8 Å². The van der Waals surface area contributed by atoms with Crippen LogP contribution in [-0.4, -0.2) is 19.9 Å². The van der Waals surface area contributed by atoms with Crippen LogP contribution in [0.2, 0.25) is 0 Å². The molecule has 0 N–H and O–H groups in total. The third-order valence-corrected chi connectivity index (χ3v) is 12.3. The topological polar surface area (TPSA) is 77.8 Å². The van der Waals surface area contributed by atoms with Crippen LogP contribution >= 0.6 is 0 Å². The molecule has 0 atom stereocenters. The zero-order valence-electron chi connectivity index (χ0n) is 34.2. The van der Waals surface area contributed by atoms with Crippen molar-refractivity contribution in [1.29, 1.82) is 0 Å². The van der Waals surface area contributed by atoms with Gasteiger partial charge in [-0.1, -0.05) is 170 Å². The Hall–Kier alpha value is -8.74. The molecule has 0 saturated heterocycles. The molecule has 0 unspecified atom stereocenters. The summed E-state index contributed by atoms with van der Waals surface area (Å²) < 4.78 is 13.2. The number of hydrogen-bond acceptors (Lipinski definition) is 6.